The molecule has 1 aromatic rings. The predicted octanol–water partition coefficient (Wildman–Crippen LogP) is 1.35. The van der Waals surface area contributed by atoms with Crippen molar-refractivity contribution in [3.63, 3.8) is 0 Å². The van der Waals surface area contributed by atoms with E-state index in [1.54, 1.807) is 0 Å². The van der Waals surface area contributed by atoms with Crippen molar-refractivity contribution in [2.45, 2.75) is 19.9 Å². The van der Waals surface area contributed by atoms with Crippen LogP contribution in [0.15, 0.2) is 0 Å². The minimum atomic E-state index is 0.800. The second-order valence-electron chi connectivity index (χ2n) is 5.19. The van der Waals surface area contributed by atoms with E-state index in [0.717, 1.165) is 36.2 Å². The van der Waals surface area contributed by atoms with Gasteiger partial charge in [-0.2, -0.15) is 0 Å². The number of nitrogens with zero attached hydrogens (tertiary/aromatic N) is 4. The van der Waals surface area contributed by atoms with Gasteiger partial charge in [-0.1, -0.05) is 4.49 Å². The van der Waals surface area contributed by atoms with Crippen LogP contribution in [0.1, 0.15) is 19.0 Å². The second-order valence-corrected chi connectivity index (χ2v) is 5.95. The maximum absolute atomic E-state index is 4.22. The van der Waals surface area contributed by atoms with E-state index in [9.17, 15) is 0 Å². The van der Waals surface area contributed by atoms with Crippen molar-refractivity contribution in [2.24, 2.45) is 5.92 Å². The molecular formula is C12H23N5S. The molecule has 102 valence electrons. The van der Waals surface area contributed by atoms with E-state index < -0.39 is 0 Å². The highest BCUT2D eigenvalue weighted by atomic mass is 32.1. The lowest BCUT2D eigenvalue weighted by Crippen LogP contribution is -2.27. The zero-order valence-corrected chi connectivity index (χ0v) is 12.3. The molecule has 1 unspecified atom stereocenters. The fraction of sp³-hybridized carbons (Fsp3) is 0.833. The van der Waals surface area contributed by atoms with Crippen LogP contribution < -0.4 is 5.32 Å². The molecule has 6 heteroatoms. The van der Waals surface area contributed by atoms with E-state index in [-0.39, 0.29) is 0 Å². The van der Waals surface area contributed by atoms with Gasteiger partial charge in [0.2, 0.25) is 0 Å². The Kier molecular flexibility index (Phi) is 4.91. The van der Waals surface area contributed by atoms with Crippen LogP contribution in [0.3, 0.4) is 0 Å². The molecule has 0 bridgehead atoms. The van der Waals surface area contributed by atoms with Gasteiger partial charge in [-0.3, -0.25) is 0 Å². The quantitative estimate of drug-likeness (QED) is 0.844. The Hall–Kier alpha value is -0.720. The molecule has 1 N–H and O–H groups in total. The zero-order chi connectivity index (χ0) is 13.0. The van der Waals surface area contributed by atoms with Crippen LogP contribution in [0, 0.1) is 5.92 Å². The fourth-order valence-electron chi connectivity index (χ4n) is 2.54. The standard InChI is InChI=1S/C12H23N5S/c1-4-13-12-11(14-15-18-12)9-17(3)8-10-5-6-16(2)7-10/h10,13H,4-9H2,1-3H3. The van der Waals surface area contributed by atoms with Crippen LogP contribution in [0.5, 0.6) is 0 Å². The van der Waals surface area contributed by atoms with Crippen LogP contribution in [-0.2, 0) is 6.54 Å². The Morgan fingerprint density at radius 2 is 2.39 bits per heavy atom. The number of aromatic nitrogens is 2. The summed E-state index contributed by atoms with van der Waals surface area (Å²) in [6, 6.07) is 0. The molecule has 1 saturated heterocycles. The Balaban J connectivity index is 1.82. The summed E-state index contributed by atoms with van der Waals surface area (Å²) in [7, 11) is 4.38. The van der Waals surface area contributed by atoms with E-state index in [1.807, 2.05) is 0 Å². The second kappa shape index (κ2) is 6.45. The third-order valence-electron chi connectivity index (χ3n) is 3.37. The van der Waals surface area contributed by atoms with Crippen LogP contribution >= 0.6 is 11.5 Å². The Bertz CT molecular complexity index is 367. The molecule has 18 heavy (non-hydrogen) atoms. The summed E-state index contributed by atoms with van der Waals surface area (Å²) in [6.45, 7) is 7.52. The summed E-state index contributed by atoms with van der Waals surface area (Å²) in [5, 5.41) is 8.66. The minimum absolute atomic E-state index is 0.800. The smallest absolute Gasteiger partial charge is 0.134 e. The maximum Gasteiger partial charge on any atom is 0.134 e. The molecule has 0 aliphatic carbocycles. The molecule has 5 nitrogen and oxygen atoms in total. The molecule has 0 amide bonds. The molecule has 1 fully saturated rings. The molecule has 2 rings (SSSR count). The monoisotopic (exact) mass is 269 g/mol. The third kappa shape index (κ3) is 3.63. The third-order valence-corrected chi connectivity index (χ3v) is 4.10. The van der Waals surface area contributed by atoms with Crippen molar-refractivity contribution in [3.8, 4) is 0 Å². The fourth-order valence-corrected chi connectivity index (χ4v) is 3.18. The molecule has 1 aromatic heterocycles. The van der Waals surface area contributed by atoms with Gasteiger partial charge < -0.3 is 15.1 Å². The van der Waals surface area contributed by atoms with Gasteiger partial charge in [-0.15, -0.1) is 5.10 Å². The number of likely N-dealkylation sites (tertiary alicyclic amines) is 1. The summed E-state index contributed by atoms with van der Waals surface area (Å²) in [6.07, 6.45) is 1.32. The molecular weight excluding hydrogens is 246 g/mol. The molecule has 1 atom stereocenters. The number of anilines is 1. The molecule has 0 radical (unpaired) electrons. The number of hydrogen-bond donors (Lipinski definition) is 1. The van der Waals surface area contributed by atoms with Crippen LogP contribution in [0.4, 0.5) is 5.00 Å². The van der Waals surface area contributed by atoms with Gasteiger partial charge in [-0.25, -0.2) is 0 Å². The Morgan fingerprint density at radius 3 is 3.06 bits per heavy atom. The van der Waals surface area contributed by atoms with E-state index in [0.29, 0.717) is 0 Å². The van der Waals surface area contributed by atoms with Crippen LogP contribution in [0.25, 0.3) is 0 Å². The lowest BCUT2D eigenvalue weighted by molar-refractivity contribution is 0.265. The highest BCUT2D eigenvalue weighted by Crippen LogP contribution is 2.20. The normalized spacial score (nSPS) is 20.8. The summed E-state index contributed by atoms with van der Waals surface area (Å²) in [4.78, 5) is 4.77. The van der Waals surface area contributed by atoms with Crippen LogP contribution in [0.2, 0.25) is 0 Å². The van der Waals surface area contributed by atoms with Crippen molar-refractivity contribution in [1.29, 1.82) is 0 Å². The average molecular weight is 269 g/mol. The largest absolute Gasteiger partial charge is 0.374 e. The molecule has 2 heterocycles. The molecule has 0 spiro atoms. The van der Waals surface area contributed by atoms with E-state index in [4.69, 9.17) is 0 Å². The summed E-state index contributed by atoms with van der Waals surface area (Å²) >= 11 is 1.45. The molecule has 0 aromatic carbocycles. The highest BCUT2D eigenvalue weighted by Gasteiger charge is 2.21. The lowest BCUT2D eigenvalue weighted by atomic mass is 10.1. The maximum atomic E-state index is 4.22. The lowest BCUT2D eigenvalue weighted by Gasteiger charge is -2.20. The van der Waals surface area contributed by atoms with E-state index in [2.05, 4.69) is 45.7 Å². The van der Waals surface area contributed by atoms with Crippen molar-refractivity contribution in [1.82, 2.24) is 19.4 Å². The SMILES string of the molecule is CCNc1snnc1CN(C)CC1CCN(C)C1. The topological polar surface area (TPSA) is 44.3 Å². The minimum Gasteiger partial charge on any atom is -0.374 e. The number of rotatable bonds is 6. The number of hydrogen-bond acceptors (Lipinski definition) is 6. The summed E-state index contributed by atoms with van der Waals surface area (Å²) < 4.78 is 4.03. The van der Waals surface area contributed by atoms with Gasteiger partial charge in [0, 0.05) is 37.7 Å². The first-order valence-electron chi connectivity index (χ1n) is 6.61. The summed E-state index contributed by atoms with van der Waals surface area (Å²) in [5.74, 6) is 0.800. The Morgan fingerprint density at radius 1 is 1.56 bits per heavy atom. The average Bonchev–Trinajstić information content (AvgIpc) is 2.90. The summed E-state index contributed by atoms with van der Waals surface area (Å²) in [5.41, 5.74) is 1.08. The van der Waals surface area contributed by atoms with Crippen LogP contribution in [-0.4, -0.2) is 59.7 Å². The first-order chi connectivity index (χ1) is 8.69. The van der Waals surface area contributed by atoms with E-state index in [1.165, 1.54) is 31.0 Å². The van der Waals surface area contributed by atoms with Crippen molar-refractivity contribution < 1.29 is 0 Å². The van der Waals surface area contributed by atoms with Crippen molar-refractivity contribution >= 4 is 16.5 Å². The highest BCUT2D eigenvalue weighted by molar-refractivity contribution is 7.10. The molecule has 1 aliphatic heterocycles. The first-order valence-corrected chi connectivity index (χ1v) is 7.38. The predicted molar refractivity (Wildman–Crippen MR) is 76.0 cm³/mol. The van der Waals surface area contributed by atoms with Crippen molar-refractivity contribution in [2.75, 3.05) is 45.6 Å². The first kappa shape index (κ1) is 13.7. The van der Waals surface area contributed by atoms with Gasteiger partial charge in [0.15, 0.2) is 0 Å². The van der Waals surface area contributed by atoms with Crippen molar-refractivity contribution in [3.05, 3.63) is 5.69 Å². The number of nitrogens with one attached hydrogen (secondary N) is 1. The van der Waals surface area contributed by atoms with Gasteiger partial charge in [0.05, 0.1) is 0 Å². The van der Waals surface area contributed by atoms with Gasteiger partial charge in [-0.05, 0) is 39.9 Å². The van der Waals surface area contributed by atoms with Gasteiger partial charge in [0.25, 0.3) is 0 Å². The molecule has 0 saturated carbocycles. The van der Waals surface area contributed by atoms with Gasteiger partial charge >= 0.3 is 0 Å². The Labute approximate surface area is 113 Å². The van der Waals surface area contributed by atoms with E-state index >= 15 is 0 Å². The van der Waals surface area contributed by atoms with Gasteiger partial charge in [0.1, 0.15) is 10.7 Å². The molecule has 1 aliphatic rings. The zero-order valence-electron chi connectivity index (χ0n) is 11.5.